The minimum Gasteiger partial charge on any atom is -0.455 e. The second-order valence-electron chi connectivity index (χ2n) is 8.32. The van der Waals surface area contributed by atoms with Crippen LogP contribution in [0, 0.1) is 0 Å². The maximum atomic E-state index is 12.2. The van der Waals surface area contributed by atoms with Crippen LogP contribution in [-0.2, 0) is 27.1 Å². The van der Waals surface area contributed by atoms with E-state index in [1.807, 2.05) is 0 Å². The van der Waals surface area contributed by atoms with E-state index in [1.54, 1.807) is 5.38 Å². The van der Waals surface area contributed by atoms with Gasteiger partial charge in [0, 0.05) is 37.6 Å². The molecule has 1 unspecified atom stereocenters. The van der Waals surface area contributed by atoms with Crippen LogP contribution in [-0.4, -0.2) is 75.6 Å². The third-order valence-corrected chi connectivity index (χ3v) is 8.18. The molecule has 0 spiro atoms. The van der Waals surface area contributed by atoms with Crippen molar-refractivity contribution in [1.82, 2.24) is 14.3 Å². The number of aromatic nitrogens is 3. The molecule has 0 radical (unpaired) electrons. The highest BCUT2D eigenvalue weighted by molar-refractivity contribution is 7.92. The van der Waals surface area contributed by atoms with E-state index in [0.29, 0.717) is 36.4 Å². The average molecular weight is 479 g/mol. The maximum absolute atomic E-state index is 12.2. The molecule has 0 saturated carbocycles. The van der Waals surface area contributed by atoms with E-state index in [1.165, 1.54) is 17.7 Å². The monoisotopic (exact) mass is 478 g/mol. The number of hydrogen-bond acceptors (Lipinski definition) is 10. The number of fused-ring (bicyclic) bond motifs is 1. The first-order chi connectivity index (χ1) is 15.6. The van der Waals surface area contributed by atoms with E-state index in [4.69, 9.17) is 19.4 Å². The van der Waals surface area contributed by atoms with Crippen molar-refractivity contribution in [3.63, 3.8) is 0 Å². The quantitative estimate of drug-likeness (QED) is 0.475. The van der Waals surface area contributed by atoms with Crippen LogP contribution < -0.4 is 9.80 Å². The number of ether oxygens (including phenoxy) is 2. The Morgan fingerprint density at radius 2 is 2.19 bits per heavy atom. The van der Waals surface area contributed by atoms with Gasteiger partial charge in [-0.3, -0.25) is 0 Å². The van der Waals surface area contributed by atoms with E-state index in [0.717, 1.165) is 61.8 Å². The fourth-order valence-corrected chi connectivity index (χ4v) is 6.30. The molecule has 3 aliphatic heterocycles. The summed E-state index contributed by atoms with van der Waals surface area (Å²) in [6.45, 7) is 5.71. The van der Waals surface area contributed by atoms with Gasteiger partial charge in [-0.15, -0.1) is 0 Å². The van der Waals surface area contributed by atoms with Gasteiger partial charge in [0.25, 0.3) is 4.90 Å². The van der Waals surface area contributed by atoms with Gasteiger partial charge in [0.2, 0.25) is 5.95 Å². The molecule has 0 amide bonds. The highest BCUT2D eigenvalue weighted by Gasteiger charge is 2.42. The molecule has 1 N–H and O–H groups in total. The number of rotatable bonds is 7. The van der Waals surface area contributed by atoms with Gasteiger partial charge in [0.15, 0.2) is 22.7 Å². The highest BCUT2D eigenvalue weighted by Crippen LogP contribution is 2.37. The van der Waals surface area contributed by atoms with Gasteiger partial charge in [-0.25, -0.2) is 14.2 Å². The lowest BCUT2D eigenvalue weighted by Gasteiger charge is -2.39. The van der Waals surface area contributed by atoms with Crippen molar-refractivity contribution >= 4 is 40.4 Å². The van der Waals surface area contributed by atoms with Gasteiger partial charge in [0.05, 0.1) is 24.8 Å². The summed E-state index contributed by atoms with van der Waals surface area (Å²) in [4.78, 5) is 27.3. The molecule has 172 valence electrons. The Hall–Kier alpha value is -1.95. The van der Waals surface area contributed by atoms with E-state index < -0.39 is 11.2 Å². The lowest BCUT2D eigenvalue weighted by Crippen LogP contribution is -2.54. The molecule has 2 fully saturated rings. The Morgan fingerprint density at radius 3 is 2.91 bits per heavy atom. The molecule has 5 heterocycles. The van der Waals surface area contributed by atoms with Crippen LogP contribution >= 0.6 is 11.5 Å². The van der Waals surface area contributed by atoms with E-state index in [2.05, 4.69) is 21.1 Å². The zero-order valence-electron chi connectivity index (χ0n) is 18.1. The Balaban J connectivity index is 1.36. The van der Waals surface area contributed by atoms with Gasteiger partial charge < -0.3 is 19.3 Å². The molecule has 2 saturated heterocycles. The summed E-state index contributed by atoms with van der Waals surface area (Å²) in [5, 5.41) is 1.69. The Morgan fingerprint density at radius 1 is 1.38 bits per heavy atom. The lowest BCUT2D eigenvalue weighted by atomic mass is 10.1. The number of nitrogens with zero attached hydrogens (tertiary/aromatic N) is 5. The van der Waals surface area contributed by atoms with Gasteiger partial charge in [-0.2, -0.15) is 9.54 Å². The first-order valence-corrected chi connectivity index (χ1v) is 13.3. The topological polar surface area (TPSA) is 101 Å². The first kappa shape index (κ1) is 21.9. The molecule has 0 aromatic carbocycles. The second-order valence-corrected chi connectivity index (χ2v) is 10.5. The zero-order chi connectivity index (χ0) is 22.1. The second kappa shape index (κ2) is 9.50. The normalized spacial score (nSPS) is 21.3. The number of esters is 1. The Labute approximate surface area is 194 Å². The summed E-state index contributed by atoms with van der Waals surface area (Å²) in [6, 6.07) is 0.359. The summed E-state index contributed by atoms with van der Waals surface area (Å²) >= 11 is 0.420. The number of anilines is 2. The SMILES string of the molecule is CCCN(c1nc(N2CC(OC(=O)c3cnsc3)C2)nc2c1[S+](O)CC2)C1CCOCC1. The van der Waals surface area contributed by atoms with E-state index >= 15 is 0 Å². The largest absolute Gasteiger partial charge is 0.455 e. The van der Waals surface area contributed by atoms with Crippen LogP contribution in [0.4, 0.5) is 11.8 Å². The van der Waals surface area contributed by atoms with Gasteiger partial charge in [-0.05, 0) is 30.8 Å². The predicted octanol–water partition coefficient (Wildman–Crippen LogP) is 2.38. The van der Waals surface area contributed by atoms with Crippen LogP contribution in [0.25, 0.3) is 0 Å². The van der Waals surface area contributed by atoms with Gasteiger partial charge in [0.1, 0.15) is 11.8 Å². The molecular formula is C21H28N5O4S2+. The molecule has 2 aromatic rings. The third kappa shape index (κ3) is 4.30. The third-order valence-electron chi connectivity index (χ3n) is 6.11. The van der Waals surface area contributed by atoms with Crippen LogP contribution in [0.2, 0.25) is 0 Å². The molecule has 3 aliphatic rings. The predicted molar refractivity (Wildman–Crippen MR) is 124 cm³/mol. The molecular weight excluding hydrogens is 450 g/mol. The molecule has 0 bridgehead atoms. The molecule has 32 heavy (non-hydrogen) atoms. The number of aryl methyl sites for hydroxylation is 1. The molecule has 5 rings (SSSR count). The minimum atomic E-state index is -0.816. The minimum absolute atomic E-state index is 0.183. The molecule has 0 aliphatic carbocycles. The smallest absolute Gasteiger partial charge is 0.341 e. The van der Waals surface area contributed by atoms with Crippen LogP contribution in [0.5, 0.6) is 0 Å². The number of carbonyl (C=O) groups is 1. The number of hydrogen-bond donors (Lipinski definition) is 1. The lowest BCUT2D eigenvalue weighted by molar-refractivity contribution is 0.0231. The van der Waals surface area contributed by atoms with Crippen molar-refractivity contribution in [2.75, 3.05) is 48.4 Å². The van der Waals surface area contributed by atoms with Crippen molar-refractivity contribution in [1.29, 1.82) is 0 Å². The fraction of sp³-hybridized carbons (Fsp3) is 0.619. The first-order valence-electron chi connectivity index (χ1n) is 11.1. The maximum Gasteiger partial charge on any atom is 0.341 e. The Kier molecular flexibility index (Phi) is 6.49. The zero-order valence-corrected chi connectivity index (χ0v) is 19.7. The molecule has 2 aromatic heterocycles. The van der Waals surface area contributed by atoms with Crippen LogP contribution in [0.3, 0.4) is 0 Å². The van der Waals surface area contributed by atoms with Gasteiger partial charge >= 0.3 is 5.97 Å². The fourth-order valence-electron chi connectivity index (χ4n) is 4.41. The van der Waals surface area contributed by atoms with Gasteiger partial charge in [-0.1, -0.05) is 6.92 Å². The van der Waals surface area contributed by atoms with Crippen LogP contribution in [0.1, 0.15) is 42.2 Å². The van der Waals surface area contributed by atoms with E-state index in [9.17, 15) is 9.35 Å². The van der Waals surface area contributed by atoms with E-state index in [-0.39, 0.29) is 12.1 Å². The summed E-state index contributed by atoms with van der Waals surface area (Å²) in [5.74, 6) is 1.92. The Bertz CT molecular complexity index is 948. The van der Waals surface area contributed by atoms with Crippen LogP contribution in [0.15, 0.2) is 16.5 Å². The standard InChI is InChI=1S/C21H28N5O4S2/c1-2-6-26(15-3-7-29-8-4-15)19-18-17(5-9-32(18)28)23-21(24-19)25-11-16(12-25)30-20(27)14-10-22-31-13-14/h10,13,15-16,28H,2-9,11-12H2,1H3/q+1. The van der Waals surface area contributed by atoms with Crippen molar-refractivity contribution < 1.29 is 18.8 Å². The number of carbonyl (C=O) groups excluding carboxylic acids is 1. The van der Waals surface area contributed by atoms with Crippen molar-refractivity contribution in [2.24, 2.45) is 0 Å². The summed E-state index contributed by atoms with van der Waals surface area (Å²) < 4.78 is 25.8. The molecule has 1 atom stereocenters. The summed E-state index contributed by atoms with van der Waals surface area (Å²) in [6.07, 6.45) is 5.05. The summed E-state index contributed by atoms with van der Waals surface area (Å²) in [5.41, 5.74) is 1.44. The average Bonchev–Trinajstić information content (AvgIpc) is 3.45. The highest BCUT2D eigenvalue weighted by atomic mass is 32.2. The molecule has 11 heteroatoms. The van der Waals surface area contributed by atoms with Crippen molar-refractivity contribution in [3.8, 4) is 0 Å². The van der Waals surface area contributed by atoms with Crippen molar-refractivity contribution in [2.45, 2.75) is 49.6 Å². The molecule has 9 nitrogen and oxygen atoms in total. The van der Waals surface area contributed by atoms with Crippen molar-refractivity contribution in [3.05, 3.63) is 22.8 Å². The summed E-state index contributed by atoms with van der Waals surface area (Å²) in [7, 11) is 0.